The molecular formula is C8H14N2O5S. The first-order valence-corrected chi connectivity index (χ1v) is 6.03. The highest BCUT2D eigenvalue weighted by Gasteiger charge is 2.08. The Morgan fingerprint density at radius 1 is 1.25 bits per heavy atom. The summed E-state index contributed by atoms with van der Waals surface area (Å²) in [6.45, 7) is 1.23. The van der Waals surface area contributed by atoms with E-state index in [9.17, 15) is 18.6 Å². The number of carboxylic acid groups (broad SMARTS) is 1. The number of amides is 2. The van der Waals surface area contributed by atoms with E-state index >= 15 is 0 Å². The predicted octanol–water partition coefficient (Wildman–Crippen LogP) is -1.23. The largest absolute Gasteiger partial charge is 0.481 e. The van der Waals surface area contributed by atoms with Crippen molar-refractivity contribution in [3.63, 3.8) is 0 Å². The van der Waals surface area contributed by atoms with E-state index in [-0.39, 0.29) is 24.3 Å². The van der Waals surface area contributed by atoms with Crippen LogP contribution in [0.1, 0.15) is 19.8 Å². The summed E-state index contributed by atoms with van der Waals surface area (Å²) in [6, 6.07) is 0. The molecule has 0 saturated heterocycles. The molecule has 0 aliphatic carbocycles. The van der Waals surface area contributed by atoms with Gasteiger partial charge in [-0.2, -0.15) is 0 Å². The van der Waals surface area contributed by atoms with E-state index in [0.717, 1.165) is 0 Å². The van der Waals surface area contributed by atoms with Gasteiger partial charge in [0.2, 0.25) is 5.91 Å². The van der Waals surface area contributed by atoms with Gasteiger partial charge in [0, 0.05) is 29.9 Å². The minimum absolute atomic E-state index is 0.0704. The van der Waals surface area contributed by atoms with Crippen molar-refractivity contribution in [3.05, 3.63) is 0 Å². The third-order valence-electron chi connectivity index (χ3n) is 1.43. The summed E-state index contributed by atoms with van der Waals surface area (Å²) in [5.74, 6) is -2.05. The Morgan fingerprint density at radius 3 is 2.38 bits per heavy atom. The molecule has 1 unspecified atom stereocenters. The van der Waals surface area contributed by atoms with E-state index in [1.807, 2.05) is 0 Å². The van der Waals surface area contributed by atoms with Crippen LogP contribution in [0.25, 0.3) is 0 Å². The van der Waals surface area contributed by atoms with E-state index < -0.39 is 28.6 Å². The van der Waals surface area contributed by atoms with Gasteiger partial charge in [0.1, 0.15) is 5.75 Å². The molecule has 8 heteroatoms. The molecule has 0 spiro atoms. The molecule has 2 amide bonds. The van der Waals surface area contributed by atoms with Crippen molar-refractivity contribution in [2.24, 2.45) is 0 Å². The maximum absolute atomic E-state index is 11.2. The number of carboxylic acids is 1. The van der Waals surface area contributed by atoms with Crippen molar-refractivity contribution in [2.75, 3.05) is 11.5 Å². The number of rotatable bonds is 6. The van der Waals surface area contributed by atoms with Crippen LogP contribution in [0.2, 0.25) is 0 Å². The molecule has 16 heavy (non-hydrogen) atoms. The molecule has 0 radical (unpaired) electrons. The zero-order valence-electron chi connectivity index (χ0n) is 8.82. The van der Waals surface area contributed by atoms with Gasteiger partial charge in [0.15, 0.2) is 0 Å². The van der Waals surface area contributed by atoms with Gasteiger partial charge in [0.05, 0.1) is 0 Å². The fourth-order valence-electron chi connectivity index (χ4n) is 0.797. The molecule has 0 bridgehead atoms. The Labute approximate surface area is 95.0 Å². The van der Waals surface area contributed by atoms with Crippen LogP contribution in [0.4, 0.5) is 0 Å². The average molecular weight is 250 g/mol. The third kappa shape index (κ3) is 9.13. The maximum atomic E-state index is 11.2. The molecule has 0 aliphatic rings. The maximum Gasteiger partial charge on any atom is 0.303 e. The molecule has 0 aromatic carbocycles. The molecule has 0 aromatic heterocycles. The molecule has 0 fully saturated rings. The summed E-state index contributed by atoms with van der Waals surface area (Å²) in [5.41, 5.74) is 4.12. The summed E-state index contributed by atoms with van der Waals surface area (Å²) in [7, 11) is -1.41. The number of aliphatic carboxylic acids is 1. The fourth-order valence-corrected chi connectivity index (χ4v) is 1.77. The topological polar surface area (TPSA) is 113 Å². The molecule has 0 rings (SSSR count). The summed E-state index contributed by atoms with van der Waals surface area (Å²) in [4.78, 5) is 31.6. The quantitative estimate of drug-likeness (QED) is 0.511. The first kappa shape index (κ1) is 14.6. The predicted molar refractivity (Wildman–Crippen MR) is 56.7 cm³/mol. The van der Waals surface area contributed by atoms with Gasteiger partial charge in [-0.05, 0) is 6.42 Å². The number of nitrogens with one attached hydrogen (secondary N) is 2. The summed E-state index contributed by atoms with van der Waals surface area (Å²) < 4.78 is 11.2. The van der Waals surface area contributed by atoms with Crippen molar-refractivity contribution in [1.82, 2.24) is 10.9 Å². The first-order chi connectivity index (χ1) is 7.41. The van der Waals surface area contributed by atoms with Gasteiger partial charge < -0.3 is 5.11 Å². The van der Waals surface area contributed by atoms with Gasteiger partial charge in [-0.1, -0.05) is 0 Å². The van der Waals surface area contributed by atoms with Crippen molar-refractivity contribution in [1.29, 1.82) is 0 Å². The van der Waals surface area contributed by atoms with Crippen LogP contribution >= 0.6 is 0 Å². The lowest BCUT2D eigenvalue weighted by Crippen LogP contribution is -2.42. The van der Waals surface area contributed by atoms with Crippen LogP contribution in [-0.2, 0) is 25.2 Å². The van der Waals surface area contributed by atoms with E-state index in [4.69, 9.17) is 5.11 Å². The van der Waals surface area contributed by atoms with Gasteiger partial charge in [-0.25, -0.2) is 0 Å². The second kappa shape index (κ2) is 7.80. The smallest absolute Gasteiger partial charge is 0.303 e. The van der Waals surface area contributed by atoms with Gasteiger partial charge in [0.25, 0.3) is 5.91 Å². The summed E-state index contributed by atoms with van der Waals surface area (Å²) >= 11 is 0. The van der Waals surface area contributed by atoms with Crippen LogP contribution < -0.4 is 10.9 Å². The van der Waals surface area contributed by atoms with Crippen LogP contribution in [0.3, 0.4) is 0 Å². The molecule has 0 saturated carbocycles. The lowest BCUT2D eigenvalue weighted by molar-refractivity contribution is -0.137. The normalized spacial score (nSPS) is 11.6. The van der Waals surface area contributed by atoms with Crippen LogP contribution in [0, 0.1) is 0 Å². The third-order valence-corrected chi connectivity index (χ3v) is 2.76. The van der Waals surface area contributed by atoms with Crippen LogP contribution in [0.5, 0.6) is 0 Å². The monoisotopic (exact) mass is 250 g/mol. The molecular weight excluding hydrogens is 236 g/mol. The second-order valence-corrected chi connectivity index (χ2v) is 4.59. The zero-order valence-corrected chi connectivity index (χ0v) is 9.63. The van der Waals surface area contributed by atoms with E-state index in [2.05, 4.69) is 10.9 Å². The number of hydrogen-bond acceptors (Lipinski definition) is 4. The van der Waals surface area contributed by atoms with Crippen LogP contribution in [0.15, 0.2) is 0 Å². The van der Waals surface area contributed by atoms with Crippen molar-refractivity contribution in [3.8, 4) is 0 Å². The van der Waals surface area contributed by atoms with Gasteiger partial charge >= 0.3 is 5.97 Å². The zero-order chi connectivity index (χ0) is 12.6. The highest BCUT2D eigenvalue weighted by molar-refractivity contribution is 7.85. The highest BCUT2D eigenvalue weighted by atomic mass is 32.2. The number of hydrogen-bond donors (Lipinski definition) is 3. The van der Waals surface area contributed by atoms with Crippen molar-refractivity contribution in [2.45, 2.75) is 19.8 Å². The van der Waals surface area contributed by atoms with E-state index in [1.165, 1.54) is 6.92 Å². The number of carbonyl (C=O) groups is 3. The number of carbonyl (C=O) groups excluding carboxylic acids is 2. The van der Waals surface area contributed by atoms with Gasteiger partial charge in [-0.3, -0.25) is 29.4 Å². The molecule has 0 heterocycles. The molecule has 3 N–H and O–H groups in total. The Kier molecular flexibility index (Phi) is 7.10. The molecule has 0 aromatic rings. The van der Waals surface area contributed by atoms with Gasteiger partial charge in [-0.15, -0.1) is 0 Å². The summed E-state index contributed by atoms with van der Waals surface area (Å²) in [5, 5.41) is 8.33. The second-order valence-electron chi connectivity index (χ2n) is 3.01. The van der Waals surface area contributed by atoms with E-state index in [1.54, 1.807) is 0 Å². The summed E-state index contributed by atoms with van der Waals surface area (Å²) in [6.07, 6.45) is 0.189. The van der Waals surface area contributed by atoms with E-state index in [0.29, 0.717) is 0 Å². The first-order valence-electron chi connectivity index (χ1n) is 4.54. The standard InChI is InChI=1S/C8H14N2O5S/c1-6(11)9-10-7(12)5-16(15)4-2-3-8(13)14/h2-5H2,1H3,(H,9,11)(H,10,12)(H,13,14). The average Bonchev–Trinajstić information content (AvgIpc) is 2.14. The minimum Gasteiger partial charge on any atom is -0.481 e. The fraction of sp³-hybridized carbons (Fsp3) is 0.625. The Balaban J connectivity index is 3.66. The minimum atomic E-state index is -1.41. The van der Waals surface area contributed by atoms with Crippen molar-refractivity contribution >= 4 is 28.6 Å². The number of hydrazine groups is 1. The molecule has 92 valence electrons. The highest BCUT2D eigenvalue weighted by Crippen LogP contribution is 1.93. The lowest BCUT2D eigenvalue weighted by Gasteiger charge is -2.04. The Hall–Kier alpha value is -1.44. The van der Waals surface area contributed by atoms with Crippen LogP contribution in [-0.4, -0.2) is 38.6 Å². The van der Waals surface area contributed by atoms with Crippen molar-refractivity contribution < 1.29 is 23.7 Å². The Morgan fingerprint density at radius 2 is 1.88 bits per heavy atom. The molecule has 1 atom stereocenters. The SMILES string of the molecule is CC(=O)NNC(=O)CS(=O)CCCC(=O)O. The molecule has 0 aliphatic heterocycles. The Bertz CT molecular complexity index is 305. The molecule has 7 nitrogen and oxygen atoms in total. The lowest BCUT2D eigenvalue weighted by atomic mass is 10.3.